The molecule has 6 nitrogen and oxygen atoms in total. The molecule has 0 aliphatic carbocycles. The van der Waals surface area contributed by atoms with E-state index in [0.717, 1.165) is 0 Å². The number of nitrogens with zero attached hydrogens (tertiary/aromatic N) is 1. The Hall–Kier alpha value is -2.41. The van der Waals surface area contributed by atoms with Gasteiger partial charge in [-0.1, -0.05) is 33.6 Å². The van der Waals surface area contributed by atoms with Crippen molar-refractivity contribution in [2.75, 3.05) is 39.5 Å². The van der Waals surface area contributed by atoms with Gasteiger partial charge >= 0.3 is 0 Å². The summed E-state index contributed by atoms with van der Waals surface area (Å²) in [4.78, 5) is 25.3. The zero-order chi connectivity index (χ0) is 21.1. The van der Waals surface area contributed by atoms with Crippen molar-refractivity contribution in [1.29, 1.82) is 0 Å². The van der Waals surface area contributed by atoms with Gasteiger partial charge in [-0.05, 0) is 24.0 Å². The van der Waals surface area contributed by atoms with Crippen LogP contribution in [0.15, 0.2) is 49.0 Å². The Kier molecular flexibility index (Phi) is 10.2. The van der Waals surface area contributed by atoms with E-state index in [1.54, 1.807) is 4.90 Å². The molecule has 0 aromatic rings. The molecule has 0 aromatic carbocycles. The highest BCUT2D eigenvalue weighted by molar-refractivity contribution is 5.88. The Labute approximate surface area is 166 Å². The molecule has 2 amide bonds. The van der Waals surface area contributed by atoms with Gasteiger partial charge in [0.15, 0.2) is 0 Å². The van der Waals surface area contributed by atoms with Gasteiger partial charge in [0.1, 0.15) is 18.2 Å². The molecule has 1 saturated heterocycles. The molecule has 1 heterocycles. The lowest BCUT2D eigenvalue weighted by Crippen LogP contribution is -2.35. The van der Waals surface area contributed by atoms with Gasteiger partial charge in [0.25, 0.3) is 0 Å². The number of halogens is 1. The Morgan fingerprint density at radius 2 is 2.00 bits per heavy atom. The molecule has 1 atom stereocenters. The van der Waals surface area contributed by atoms with E-state index in [1.165, 1.54) is 12.2 Å². The largest absolute Gasteiger partial charge is 0.491 e. The predicted molar refractivity (Wildman–Crippen MR) is 107 cm³/mol. The van der Waals surface area contributed by atoms with Crippen LogP contribution in [-0.2, 0) is 19.1 Å². The molecule has 7 heteroatoms. The van der Waals surface area contributed by atoms with Gasteiger partial charge in [-0.25, -0.2) is 4.39 Å². The minimum absolute atomic E-state index is 0.0841. The van der Waals surface area contributed by atoms with E-state index in [2.05, 4.69) is 25.1 Å². The molecule has 1 unspecified atom stereocenters. The summed E-state index contributed by atoms with van der Waals surface area (Å²) < 4.78 is 24.0. The fraction of sp³-hybridized carbons (Fsp3) is 0.524. The summed E-state index contributed by atoms with van der Waals surface area (Å²) in [7, 11) is 0. The molecular weight excluding hydrogens is 363 g/mol. The highest BCUT2D eigenvalue weighted by atomic mass is 19.1. The number of carbonyl (C=O) groups is 2. The van der Waals surface area contributed by atoms with Crippen LogP contribution >= 0.6 is 0 Å². The molecule has 1 rings (SSSR count). The minimum atomic E-state index is -0.597. The summed E-state index contributed by atoms with van der Waals surface area (Å²) in [6, 6.07) is 0. The number of ether oxygens (including phenoxy) is 2. The summed E-state index contributed by atoms with van der Waals surface area (Å²) in [5.74, 6) is -0.548. The monoisotopic (exact) mass is 394 g/mol. The summed E-state index contributed by atoms with van der Waals surface area (Å²) in [5.41, 5.74) is 0.687. The molecule has 1 aliphatic heterocycles. The van der Waals surface area contributed by atoms with E-state index in [-0.39, 0.29) is 30.3 Å². The third-order valence-corrected chi connectivity index (χ3v) is 4.38. The van der Waals surface area contributed by atoms with Crippen molar-refractivity contribution in [2.45, 2.75) is 20.3 Å². The van der Waals surface area contributed by atoms with Crippen molar-refractivity contribution in [3.05, 3.63) is 49.0 Å². The van der Waals surface area contributed by atoms with Crippen LogP contribution in [0.2, 0.25) is 0 Å². The standard InChI is InChI=1S/C21H31FN2O4/c1-6-20(25)24-9-7-18(14-24)21(26)23-8-10-27-11-12-28-19(13-16(4)22)17(5)15(2)3/h6,13,15,18H,1,4-5,7-12,14H2,2-3H3,(H,23,26)/b19-13+. The van der Waals surface area contributed by atoms with Gasteiger partial charge < -0.3 is 19.7 Å². The van der Waals surface area contributed by atoms with Crippen LogP contribution in [0.25, 0.3) is 0 Å². The van der Waals surface area contributed by atoms with Gasteiger partial charge in [0, 0.05) is 25.7 Å². The second-order valence-corrected chi connectivity index (χ2v) is 6.86. The van der Waals surface area contributed by atoms with Gasteiger partial charge in [0.2, 0.25) is 11.8 Å². The summed E-state index contributed by atoms with van der Waals surface area (Å²) in [6.45, 7) is 16.7. The van der Waals surface area contributed by atoms with Gasteiger partial charge in [0.05, 0.1) is 19.1 Å². The molecule has 0 saturated carbocycles. The molecular formula is C21H31FN2O4. The second kappa shape index (κ2) is 12.1. The number of amides is 2. The third kappa shape index (κ3) is 8.08. The Morgan fingerprint density at radius 3 is 2.61 bits per heavy atom. The Bertz CT molecular complexity index is 628. The van der Waals surface area contributed by atoms with E-state index >= 15 is 0 Å². The van der Waals surface area contributed by atoms with E-state index in [1.807, 2.05) is 13.8 Å². The number of rotatable bonds is 12. The molecule has 1 fully saturated rings. The quantitative estimate of drug-likeness (QED) is 0.239. The van der Waals surface area contributed by atoms with Crippen LogP contribution in [0.5, 0.6) is 0 Å². The number of nitrogens with one attached hydrogen (secondary N) is 1. The molecule has 1 N–H and O–H groups in total. The molecule has 156 valence electrons. The molecule has 0 aromatic heterocycles. The number of allylic oxidation sites excluding steroid dienone is 3. The van der Waals surface area contributed by atoms with Crippen molar-refractivity contribution < 1.29 is 23.5 Å². The summed E-state index contributed by atoms with van der Waals surface area (Å²) in [5, 5.41) is 2.81. The first kappa shape index (κ1) is 23.6. The van der Waals surface area contributed by atoms with Gasteiger partial charge in [-0.3, -0.25) is 9.59 Å². The van der Waals surface area contributed by atoms with Crippen molar-refractivity contribution in [3.8, 4) is 0 Å². The Morgan fingerprint density at radius 1 is 1.29 bits per heavy atom. The van der Waals surface area contributed by atoms with Crippen LogP contribution in [-0.4, -0.2) is 56.2 Å². The maximum Gasteiger partial charge on any atom is 0.245 e. The zero-order valence-corrected chi connectivity index (χ0v) is 16.8. The fourth-order valence-electron chi connectivity index (χ4n) is 2.66. The maximum absolute atomic E-state index is 13.1. The number of hydrogen-bond donors (Lipinski definition) is 1. The highest BCUT2D eigenvalue weighted by Crippen LogP contribution is 2.20. The highest BCUT2D eigenvalue weighted by Gasteiger charge is 2.29. The molecule has 0 radical (unpaired) electrons. The molecule has 0 spiro atoms. The van der Waals surface area contributed by atoms with E-state index in [9.17, 15) is 14.0 Å². The van der Waals surface area contributed by atoms with Crippen LogP contribution in [0.1, 0.15) is 20.3 Å². The summed E-state index contributed by atoms with van der Waals surface area (Å²) >= 11 is 0. The van der Waals surface area contributed by atoms with E-state index in [4.69, 9.17) is 9.47 Å². The van der Waals surface area contributed by atoms with Gasteiger partial charge in [-0.15, -0.1) is 0 Å². The van der Waals surface area contributed by atoms with Crippen LogP contribution in [0, 0.1) is 11.8 Å². The first-order valence-electron chi connectivity index (χ1n) is 9.41. The van der Waals surface area contributed by atoms with Crippen LogP contribution in [0.3, 0.4) is 0 Å². The molecule has 1 aliphatic rings. The topological polar surface area (TPSA) is 67.9 Å². The van der Waals surface area contributed by atoms with E-state index in [0.29, 0.717) is 50.6 Å². The number of hydrogen-bond acceptors (Lipinski definition) is 4. The lowest BCUT2D eigenvalue weighted by Gasteiger charge is -2.16. The van der Waals surface area contributed by atoms with Crippen molar-refractivity contribution in [1.82, 2.24) is 10.2 Å². The summed E-state index contributed by atoms with van der Waals surface area (Å²) in [6.07, 6.45) is 3.12. The average Bonchev–Trinajstić information content (AvgIpc) is 3.14. The van der Waals surface area contributed by atoms with Gasteiger partial charge in [-0.2, -0.15) is 0 Å². The smallest absolute Gasteiger partial charge is 0.245 e. The first-order valence-corrected chi connectivity index (χ1v) is 9.41. The first-order chi connectivity index (χ1) is 13.3. The minimum Gasteiger partial charge on any atom is -0.491 e. The van der Waals surface area contributed by atoms with Crippen molar-refractivity contribution in [2.24, 2.45) is 11.8 Å². The second-order valence-electron chi connectivity index (χ2n) is 6.86. The Balaban J connectivity index is 2.21. The zero-order valence-electron chi connectivity index (χ0n) is 16.8. The van der Waals surface area contributed by atoms with E-state index < -0.39 is 5.83 Å². The van der Waals surface area contributed by atoms with Crippen LogP contribution < -0.4 is 5.32 Å². The van der Waals surface area contributed by atoms with Crippen LogP contribution in [0.4, 0.5) is 4.39 Å². The lowest BCUT2D eigenvalue weighted by atomic mass is 10.0. The maximum atomic E-state index is 13.1. The third-order valence-electron chi connectivity index (χ3n) is 4.38. The van der Waals surface area contributed by atoms with Crippen molar-refractivity contribution in [3.63, 3.8) is 0 Å². The average molecular weight is 394 g/mol. The fourth-order valence-corrected chi connectivity index (χ4v) is 2.66. The molecule has 28 heavy (non-hydrogen) atoms. The normalized spacial score (nSPS) is 16.8. The molecule has 0 bridgehead atoms. The number of likely N-dealkylation sites (tertiary alicyclic amines) is 1. The number of carbonyl (C=O) groups excluding carboxylic acids is 2. The van der Waals surface area contributed by atoms with Crippen molar-refractivity contribution >= 4 is 11.8 Å². The SMILES string of the molecule is C=CC(=O)N1CCC(C(=O)NCCOCCO/C(=C/C(=C)F)C(=C)C(C)C)C1. The predicted octanol–water partition coefficient (Wildman–Crippen LogP) is 2.75. The lowest BCUT2D eigenvalue weighted by molar-refractivity contribution is -0.126.